The number of hydrogen-bond donors (Lipinski definition) is 2. The van der Waals surface area contributed by atoms with Crippen molar-refractivity contribution >= 4 is 39.6 Å². The lowest BCUT2D eigenvalue weighted by atomic mass is 9.84. The molecule has 2 heterocycles. The predicted octanol–water partition coefficient (Wildman–Crippen LogP) is 4.56. The van der Waals surface area contributed by atoms with Gasteiger partial charge in [0.25, 0.3) is 0 Å². The van der Waals surface area contributed by atoms with Crippen molar-refractivity contribution in [3.05, 3.63) is 69.4 Å². The van der Waals surface area contributed by atoms with Gasteiger partial charge in [-0.3, -0.25) is 9.59 Å². The second-order valence-electron chi connectivity index (χ2n) is 7.77. The Balaban J connectivity index is 1.28. The highest BCUT2D eigenvalue weighted by Gasteiger charge is 2.36. The maximum Gasteiger partial charge on any atom is 0.230 e. The Kier molecular flexibility index (Phi) is 6.59. The Morgan fingerprint density at radius 2 is 1.77 bits per heavy atom. The number of carbonyl (C=O) groups excluding carboxylic acids is 2. The first-order valence-electron chi connectivity index (χ1n) is 10.2. The number of aromatic nitrogens is 1. The zero-order valence-electron chi connectivity index (χ0n) is 16.7. The number of hydrogen-bond acceptors (Lipinski definition) is 5. The third kappa shape index (κ3) is 5.15. The first-order chi connectivity index (χ1) is 14.6. The van der Waals surface area contributed by atoms with E-state index in [1.54, 1.807) is 11.3 Å². The Labute approximate surface area is 184 Å². The highest BCUT2D eigenvalue weighted by Crippen LogP contribution is 2.42. The zero-order valence-corrected chi connectivity index (χ0v) is 18.4. The summed E-state index contributed by atoms with van der Waals surface area (Å²) >= 11 is 3.13. The summed E-state index contributed by atoms with van der Waals surface area (Å²) in [5.74, 6) is -0.129. The molecule has 0 saturated heterocycles. The minimum atomic E-state index is -0.106. The summed E-state index contributed by atoms with van der Waals surface area (Å²) in [6.45, 7) is 0.678. The van der Waals surface area contributed by atoms with E-state index in [0.717, 1.165) is 18.4 Å². The third-order valence-corrected chi connectivity index (χ3v) is 7.50. The topological polar surface area (TPSA) is 71.1 Å². The third-order valence-electron chi connectivity index (χ3n) is 5.58. The number of thiazole rings is 1. The van der Waals surface area contributed by atoms with E-state index < -0.39 is 0 Å². The highest BCUT2D eigenvalue weighted by molar-refractivity contribution is 7.14. The molecule has 0 bridgehead atoms. The lowest BCUT2D eigenvalue weighted by Gasteiger charge is -2.28. The van der Waals surface area contributed by atoms with Crippen LogP contribution in [0.2, 0.25) is 0 Å². The van der Waals surface area contributed by atoms with Gasteiger partial charge < -0.3 is 10.6 Å². The fourth-order valence-electron chi connectivity index (χ4n) is 4.03. The largest absolute Gasteiger partial charge is 0.355 e. The minimum absolute atomic E-state index is 0.0229. The van der Waals surface area contributed by atoms with Crippen molar-refractivity contribution in [2.24, 2.45) is 0 Å². The van der Waals surface area contributed by atoms with Gasteiger partial charge in [0.1, 0.15) is 0 Å². The van der Waals surface area contributed by atoms with Crippen LogP contribution in [0.3, 0.4) is 0 Å². The molecule has 4 rings (SSSR count). The van der Waals surface area contributed by atoms with Gasteiger partial charge in [-0.2, -0.15) is 0 Å². The Hall–Kier alpha value is -2.51. The molecule has 2 aromatic heterocycles. The van der Waals surface area contributed by atoms with Crippen molar-refractivity contribution in [2.75, 3.05) is 11.9 Å². The molecule has 2 amide bonds. The molecule has 1 aliphatic rings. The van der Waals surface area contributed by atoms with Crippen molar-refractivity contribution in [1.29, 1.82) is 0 Å². The molecule has 0 radical (unpaired) electrons. The molecule has 1 aliphatic carbocycles. The second kappa shape index (κ2) is 9.53. The molecule has 1 fully saturated rings. The van der Waals surface area contributed by atoms with Crippen molar-refractivity contribution < 1.29 is 9.59 Å². The van der Waals surface area contributed by atoms with Crippen LogP contribution in [0, 0.1) is 0 Å². The molecule has 0 unspecified atom stereocenters. The van der Waals surface area contributed by atoms with Crippen molar-refractivity contribution in [3.63, 3.8) is 0 Å². The first-order valence-corrected chi connectivity index (χ1v) is 12.0. The van der Waals surface area contributed by atoms with E-state index in [9.17, 15) is 9.59 Å². The molecule has 0 aliphatic heterocycles. The SMILES string of the molecule is O=C(Cc1csc(NC(=O)Cc2ccccc2)n1)NCC1(c2cccs2)CCCC1. The van der Waals surface area contributed by atoms with Crippen LogP contribution in [-0.2, 0) is 27.8 Å². The Morgan fingerprint density at radius 1 is 0.967 bits per heavy atom. The number of nitrogens with zero attached hydrogens (tertiary/aromatic N) is 1. The maximum atomic E-state index is 12.5. The van der Waals surface area contributed by atoms with E-state index in [0.29, 0.717) is 23.8 Å². The number of thiophene rings is 1. The number of amides is 2. The van der Waals surface area contributed by atoms with E-state index in [1.807, 2.05) is 35.7 Å². The summed E-state index contributed by atoms with van der Waals surface area (Å²) in [6.07, 6.45) is 5.22. The molecular weight excluding hydrogens is 414 g/mol. The second-order valence-corrected chi connectivity index (χ2v) is 9.58. The number of nitrogens with one attached hydrogen (secondary N) is 2. The molecule has 5 nitrogen and oxygen atoms in total. The van der Waals surface area contributed by atoms with Gasteiger partial charge in [0.2, 0.25) is 11.8 Å². The molecule has 3 aromatic rings. The molecule has 7 heteroatoms. The smallest absolute Gasteiger partial charge is 0.230 e. The normalized spacial score (nSPS) is 15.1. The summed E-state index contributed by atoms with van der Waals surface area (Å²) in [7, 11) is 0. The van der Waals surface area contributed by atoms with Gasteiger partial charge in [0.15, 0.2) is 5.13 Å². The quantitative estimate of drug-likeness (QED) is 0.541. The minimum Gasteiger partial charge on any atom is -0.355 e. The van der Waals surface area contributed by atoms with Crippen LogP contribution in [0.25, 0.3) is 0 Å². The zero-order chi connectivity index (χ0) is 20.8. The molecule has 156 valence electrons. The van der Waals surface area contributed by atoms with E-state index in [2.05, 4.69) is 33.1 Å². The summed E-state index contributed by atoms with van der Waals surface area (Å²) in [6, 6.07) is 13.9. The highest BCUT2D eigenvalue weighted by atomic mass is 32.1. The van der Waals surface area contributed by atoms with Crippen molar-refractivity contribution in [1.82, 2.24) is 10.3 Å². The molecule has 1 saturated carbocycles. The maximum absolute atomic E-state index is 12.5. The predicted molar refractivity (Wildman–Crippen MR) is 122 cm³/mol. The van der Waals surface area contributed by atoms with Gasteiger partial charge in [0.05, 0.1) is 18.5 Å². The van der Waals surface area contributed by atoms with Crippen LogP contribution in [0.5, 0.6) is 0 Å². The van der Waals surface area contributed by atoms with E-state index >= 15 is 0 Å². The fourth-order valence-corrected chi connectivity index (χ4v) is 5.74. The molecule has 0 atom stereocenters. The van der Waals surface area contributed by atoms with Crippen LogP contribution >= 0.6 is 22.7 Å². The van der Waals surface area contributed by atoms with E-state index in [1.165, 1.54) is 29.1 Å². The number of rotatable bonds is 8. The molecule has 0 spiro atoms. The van der Waals surface area contributed by atoms with Gasteiger partial charge >= 0.3 is 0 Å². The van der Waals surface area contributed by atoms with Crippen LogP contribution in [-0.4, -0.2) is 23.3 Å². The first kappa shape index (κ1) is 20.8. The summed E-state index contributed by atoms with van der Waals surface area (Å²) < 4.78 is 0. The standard InChI is InChI=1S/C23H25N3O2S2/c27-20(24-16-23(10-4-5-11-23)19-9-6-12-29-19)14-18-15-30-22(25-18)26-21(28)13-17-7-2-1-3-8-17/h1-3,6-9,12,15H,4-5,10-11,13-14,16H2,(H,24,27)(H,25,26,28). The van der Waals surface area contributed by atoms with E-state index in [4.69, 9.17) is 0 Å². The molecule has 30 heavy (non-hydrogen) atoms. The van der Waals surface area contributed by atoms with Crippen molar-refractivity contribution in [3.8, 4) is 0 Å². The van der Waals surface area contributed by atoms with Crippen molar-refractivity contribution in [2.45, 2.75) is 43.9 Å². The van der Waals surface area contributed by atoms with Gasteiger partial charge in [-0.05, 0) is 29.9 Å². The fraction of sp³-hybridized carbons (Fsp3) is 0.348. The van der Waals surface area contributed by atoms with Crippen LogP contribution in [0.15, 0.2) is 53.2 Å². The monoisotopic (exact) mass is 439 g/mol. The number of benzene rings is 1. The molecule has 1 aromatic carbocycles. The molecular formula is C23H25N3O2S2. The average molecular weight is 440 g/mol. The van der Waals surface area contributed by atoms with Crippen LogP contribution < -0.4 is 10.6 Å². The van der Waals surface area contributed by atoms with Crippen LogP contribution in [0.4, 0.5) is 5.13 Å². The number of anilines is 1. The van der Waals surface area contributed by atoms with Crippen LogP contribution in [0.1, 0.15) is 41.8 Å². The summed E-state index contributed by atoms with van der Waals surface area (Å²) in [5, 5.41) is 10.4. The van der Waals surface area contributed by atoms with Gasteiger partial charge in [0, 0.05) is 22.2 Å². The summed E-state index contributed by atoms with van der Waals surface area (Å²) in [4.78, 5) is 30.5. The van der Waals surface area contributed by atoms with Gasteiger partial charge in [-0.25, -0.2) is 4.98 Å². The lowest BCUT2D eigenvalue weighted by Crippen LogP contribution is -2.39. The summed E-state index contributed by atoms with van der Waals surface area (Å²) in [5.41, 5.74) is 1.73. The lowest BCUT2D eigenvalue weighted by molar-refractivity contribution is -0.120. The van der Waals surface area contributed by atoms with Gasteiger partial charge in [-0.15, -0.1) is 22.7 Å². The molecule has 2 N–H and O–H groups in total. The average Bonchev–Trinajstić information content (AvgIpc) is 3.50. The Morgan fingerprint density at radius 3 is 2.50 bits per heavy atom. The van der Waals surface area contributed by atoms with Gasteiger partial charge in [-0.1, -0.05) is 49.2 Å². The number of carbonyl (C=O) groups is 2. The Bertz CT molecular complexity index is 977. The van der Waals surface area contributed by atoms with E-state index in [-0.39, 0.29) is 23.7 Å².